The summed E-state index contributed by atoms with van der Waals surface area (Å²) in [6, 6.07) is 11.9. The van der Waals surface area contributed by atoms with Gasteiger partial charge >= 0.3 is 5.97 Å². The van der Waals surface area contributed by atoms with Gasteiger partial charge in [0.25, 0.3) is 17.7 Å². The fourth-order valence-electron chi connectivity index (χ4n) is 2.94. The van der Waals surface area contributed by atoms with Crippen LogP contribution in [0.25, 0.3) is 0 Å². The maximum Gasteiger partial charge on any atom is 0.329 e. The number of hydrogen-bond donors (Lipinski definition) is 1. The van der Waals surface area contributed by atoms with Gasteiger partial charge in [0.15, 0.2) is 6.10 Å². The van der Waals surface area contributed by atoms with E-state index in [1.165, 1.54) is 33.1 Å². The number of carbonyl (C=O) groups excluding carboxylic acids is 4. The topological polar surface area (TPSA) is 102 Å². The third-order valence-electron chi connectivity index (χ3n) is 4.55. The summed E-state index contributed by atoms with van der Waals surface area (Å²) in [6.07, 6.45) is -1.13. The van der Waals surface area contributed by atoms with Gasteiger partial charge in [0, 0.05) is 11.8 Å². The number of hydrogen-bond acceptors (Lipinski definition) is 6. The lowest BCUT2D eigenvalue weighted by Gasteiger charge is -2.22. The molecule has 1 aliphatic heterocycles. The fraction of sp³-hybridized carbons (Fsp3) is 0.238. The van der Waals surface area contributed by atoms with E-state index in [1.54, 1.807) is 36.4 Å². The summed E-state index contributed by atoms with van der Waals surface area (Å²) in [6.45, 7) is 2.79. The number of amides is 3. The van der Waals surface area contributed by atoms with E-state index in [4.69, 9.17) is 9.47 Å². The summed E-state index contributed by atoms with van der Waals surface area (Å²) in [4.78, 5) is 50.6. The van der Waals surface area contributed by atoms with Crippen molar-refractivity contribution in [2.75, 3.05) is 12.4 Å². The predicted molar refractivity (Wildman–Crippen MR) is 104 cm³/mol. The highest BCUT2D eigenvalue weighted by atomic mass is 16.5. The van der Waals surface area contributed by atoms with Crippen molar-refractivity contribution < 1.29 is 28.7 Å². The summed E-state index contributed by atoms with van der Waals surface area (Å²) in [7, 11) is 1.51. The van der Waals surface area contributed by atoms with E-state index in [1.807, 2.05) is 0 Å². The molecular weight excluding hydrogens is 376 g/mol. The standard InChI is InChI=1S/C21H20N2O6/c1-12(23-19(25)16-9-4-5-10-17(16)20(23)26)21(27)29-13(2)18(24)22-14-7-6-8-15(11-14)28-3/h4-13H,1-3H3,(H,22,24)/t12-,13+/m0/s1. The van der Waals surface area contributed by atoms with Crippen molar-refractivity contribution in [1.82, 2.24) is 4.90 Å². The number of esters is 1. The van der Waals surface area contributed by atoms with Gasteiger partial charge in [0.1, 0.15) is 11.8 Å². The van der Waals surface area contributed by atoms with Gasteiger partial charge in [-0.3, -0.25) is 19.3 Å². The number of fused-ring (bicyclic) bond motifs is 1. The molecule has 1 aliphatic rings. The third-order valence-corrected chi connectivity index (χ3v) is 4.55. The van der Waals surface area contributed by atoms with Crippen molar-refractivity contribution >= 4 is 29.4 Å². The van der Waals surface area contributed by atoms with Crippen LogP contribution in [0.5, 0.6) is 5.75 Å². The second-order valence-electron chi connectivity index (χ2n) is 6.50. The average molecular weight is 396 g/mol. The molecule has 0 radical (unpaired) electrons. The van der Waals surface area contributed by atoms with Crippen molar-refractivity contribution in [3.8, 4) is 5.75 Å². The molecule has 2 aromatic rings. The molecule has 29 heavy (non-hydrogen) atoms. The van der Waals surface area contributed by atoms with Gasteiger partial charge in [-0.15, -0.1) is 0 Å². The zero-order valence-corrected chi connectivity index (χ0v) is 16.2. The summed E-state index contributed by atoms with van der Waals surface area (Å²) in [5.41, 5.74) is 0.951. The van der Waals surface area contributed by atoms with Crippen molar-refractivity contribution in [2.45, 2.75) is 26.0 Å². The lowest BCUT2D eigenvalue weighted by atomic mass is 10.1. The minimum absolute atomic E-state index is 0.237. The van der Waals surface area contributed by atoms with Crippen LogP contribution >= 0.6 is 0 Å². The Labute approximate surface area is 167 Å². The van der Waals surface area contributed by atoms with Crippen LogP contribution in [0.15, 0.2) is 48.5 Å². The molecule has 0 aliphatic carbocycles. The van der Waals surface area contributed by atoms with E-state index in [0.29, 0.717) is 11.4 Å². The monoisotopic (exact) mass is 396 g/mol. The quantitative estimate of drug-likeness (QED) is 0.594. The molecular formula is C21H20N2O6. The molecule has 0 bridgehead atoms. The highest BCUT2D eigenvalue weighted by molar-refractivity contribution is 6.22. The molecule has 8 heteroatoms. The number of rotatable bonds is 6. The summed E-state index contributed by atoms with van der Waals surface area (Å²) in [5, 5.41) is 2.62. The van der Waals surface area contributed by atoms with Crippen LogP contribution in [0.4, 0.5) is 5.69 Å². The van der Waals surface area contributed by atoms with Crippen LogP contribution in [0.1, 0.15) is 34.6 Å². The number of nitrogens with zero attached hydrogens (tertiary/aromatic N) is 1. The Balaban J connectivity index is 1.64. The normalized spacial score (nSPS) is 14.8. The Morgan fingerprint density at radius 3 is 2.17 bits per heavy atom. The molecule has 0 saturated heterocycles. The fourth-order valence-corrected chi connectivity index (χ4v) is 2.94. The lowest BCUT2D eigenvalue weighted by molar-refractivity contribution is -0.156. The first-order chi connectivity index (χ1) is 13.8. The van der Waals surface area contributed by atoms with Gasteiger partial charge in [0.05, 0.1) is 18.2 Å². The van der Waals surface area contributed by atoms with E-state index in [-0.39, 0.29) is 11.1 Å². The predicted octanol–water partition coefficient (Wildman–Crippen LogP) is 2.25. The van der Waals surface area contributed by atoms with Crippen LogP contribution in [-0.4, -0.2) is 47.8 Å². The Kier molecular flexibility index (Phi) is 5.63. The summed E-state index contributed by atoms with van der Waals surface area (Å²) in [5.74, 6) is -1.98. The molecule has 0 aromatic heterocycles. The first-order valence-electron chi connectivity index (χ1n) is 8.95. The number of methoxy groups -OCH3 is 1. The van der Waals surface area contributed by atoms with E-state index >= 15 is 0 Å². The molecule has 1 N–H and O–H groups in total. The van der Waals surface area contributed by atoms with Crippen molar-refractivity contribution in [2.24, 2.45) is 0 Å². The average Bonchev–Trinajstić information content (AvgIpc) is 2.98. The Morgan fingerprint density at radius 2 is 1.59 bits per heavy atom. The van der Waals surface area contributed by atoms with Gasteiger partial charge in [-0.1, -0.05) is 18.2 Å². The molecule has 0 spiro atoms. The molecule has 2 atom stereocenters. The molecule has 1 heterocycles. The maximum absolute atomic E-state index is 12.5. The van der Waals surface area contributed by atoms with Crippen molar-refractivity contribution in [3.63, 3.8) is 0 Å². The first-order valence-corrected chi connectivity index (χ1v) is 8.95. The van der Waals surface area contributed by atoms with Gasteiger partial charge < -0.3 is 14.8 Å². The minimum Gasteiger partial charge on any atom is -0.497 e. The van der Waals surface area contributed by atoms with Crippen molar-refractivity contribution in [3.05, 3.63) is 59.7 Å². The zero-order chi connectivity index (χ0) is 21.1. The Bertz CT molecular complexity index is 952. The van der Waals surface area contributed by atoms with E-state index < -0.39 is 35.8 Å². The molecule has 8 nitrogen and oxygen atoms in total. The van der Waals surface area contributed by atoms with Gasteiger partial charge in [-0.05, 0) is 38.1 Å². The molecule has 3 amide bonds. The highest BCUT2D eigenvalue weighted by Gasteiger charge is 2.41. The Morgan fingerprint density at radius 1 is 0.966 bits per heavy atom. The molecule has 0 saturated carbocycles. The van der Waals surface area contributed by atoms with Gasteiger partial charge in [-0.25, -0.2) is 4.79 Å². The molecule has 3 rings (SSSR count). The zero-order valence-electron chi connectivity index (χ0n) is 16.2. The largest absolute Gasteiger partial charge is 0.497 e. The smallest absolute Gasteiger partial charge is 0.329 e. The van der Waals surface area contributed by atoms with E-state index in [2.05, 4.69) is 5.32 Å². The maximum atomic E-state index is 12.5. The van der Waals surface area contributed by atoms with Crippen LogP contribution in [0.3, 0.4) is 0 Å². The molecule has 0 fully saturated rings. The van der Waals surface area contributed by atoms with Crippen LogP contribution in [0, 0.1) is 0 Å². The number of nitrogens with one attached hydrogen (secondary N) is 1. The number of ether oxygens (including phenoxy) is 2. The molecule has 2 aromatic carbocycles. The number of anilines is 1. The van der Waals surface area contributed by atoms with Gasteiger partial charge in [0.2, 0.25) is 0 Å². The third kappa shape index (κ3) is 3.96. The number of imide groups is 1. The van der Waals surface area contributed by atoms with Crippen LogP contribution in [0.2, 0.25) is 0 Å². The number of carbonyl (C=O) groups is 4. The summed E-state index contributed by atoms with van der Waals surface area (Å²) >= 11 is 0. The molecule has 0 unspecified atom stereocenters. The van der Waals surface area contributed by atoms with Crippen LogP contribution in [-0.2, 0) is 14.3 Å². The molecule has 150 valence electrons. The van der Waals surface area contributed by atoms with Gasteiger partial charge in [-0.2, -0.15) is 0 Å². The van der Waals surface area contributed by atoms with Crippen LogP contribution < -0.4 is 10.1 Å². The Hall–Kier alpha value is -3.68. The van der Waals surface area contributed by atoms with Crippen molar-refractivity contribution in [1.29, 1.82) is 0 Å². The minimum atomic E-state index is -1.17. The second kappa shape index (κ2) is 8.14. The first kappa shape index (κ1) is 20.1. The van der Waals surface area contributed by atoms with E-state index in [9.17, 15) is 19.2 Å². The second-order valence-corrected chi connectivity index (χ2v) is 6.50. The van der Waals surface area contributed by atoms with E-state index in [0.717, 1.165) is 4.90 Å². The summed E-state index contributed by atoms with van der Waals surface area (Å²) < 4.78 is 10.3. The highest BCUT2D eigenvalue weighted by Crippen LogP contribution is 2.25. The lowest BCUT2D eigenvalue weighted by Crippen LogP contribution is -2.45. The SMILES string of the molecule is COc1cccc(NC(=O)[C@@H](C)OC(=O)[C@H](C)N2C(=O)c3ccccc3C2=O)c1. The number of benzene rings is 2.